The van der Waals surface area contributed by atoms with Gasteiger partial charge in [0.25, 0.3) is 0 Å². The van der Waals surface area contributed by atoms with E-state index in [-0.39, 0.29) is 5.41 Å². The molecule has 0 radical (unpaired) electrons. The topological polar surface area (TPSA) is 21.6 Å². The SMILES string of the molecule is CC1(C2=N[C@@H](C(C)(C)C)CO2)CC1. The molecule has 1 aliphatic carbocycles. The van der Waals surface area contributed by atoms with Crippen LogP contribution in [0.1, 0.15) is 40.5 Å². The number of aliphatic imine (C=N–C) groups is 1. The third-order valence-electron chi connectivity index (χ3n) is 3.17. The Bertz CT molecular complexity index is 245. The van der Waals surface area contributed by atoms with Gasteiger partial charge >= 0.3 is 0 Å². The second kappa shape index (κ2) is 2.49. The summed E-state index contributed by atoms with van der Waals surface area (Å²) in [7, 11) is 0. The van der Waals surface area contributed by atoms with E-state index in [4.69, 9.17) is 4.74 Å². The lowest BCUT2D eigenvalue weighted by Gasteiger charge is -2.21. The van der Waals surface area contributed by atoms with Crippen molar-refractivity contribution in [2.75, 3.05) is 6.61 Å². The van der Waals surface area contributed by atoms with Crippen molar-refractivity contribution in [3.8, 4) is 0 Å². The van der Waals surface area contributed by atoms with E-state index in [1.54, 1.807) is 0 Å². The maximum atomic E-state index is 5.67. The molecular weight excluding hydrogens is 162 g/mol. The monoisotopic (exact) mass is 181 g/mol. The van der Waals surface area contributed by atoms with Crippen molar-refractivity contribution in [2.45, 2.75) is 46.6 Å². The second-order valence-electron chi connectivity index (χ2n) is 5.69. The second-order valence-corrected chi connectivity index (χ2v) is 5.69. The highest BCUT2D eigenvalue weighted by Gasteiger charge is 2.47. The molecule has 1 atom stereocenters. The number of ether oxygens (including phenoxy) is 1. The highest BCUT2D eigenvalue weighted by molar-refractivity contribution is 5.86. The Hall–Kier alpha value is -0.530. The first-order chi connectivity index (χ1) is 5.92. The number of nitrogens with zero attached hydrogens (tertiary/aromatic N) is 1. The minimum atomic E-state index is 0.243. The molecule has 0 aromatic rings. The average Bonchev–Trinajstić information content (AvgIpc) is 2.60. The van der Waals surface area contributed by atoms with Gasteiger partial charge in [0.05, 0.1) is 6.04 Å². The predicted molar refractivity (Wildman–Crippen MR) is 54.0 cm³/mol. The van der Waals surface area contributed by atoms with Crippen molar-refractivity contribution in [2.24, 2.45) is 15.8 Å². The van der Waals surface area contributed by atoms with Gasteiger partial charge < -0.3 is 4.74 Å². The first-order valence-electron chi connectivity index (χ1n) is 5.13. The lowest BCUT2D eigenvalue weighted by molar-refractivity contribution is 0.228. The first kappa shape index (κ1) is 9.04. The van der Waals surface area contributed by atoms with E-state index >= 15 is 0 Å². The molecule has 0 bridgehead atoms. The Balaban J connectivity index is 2.10. The van der Waals surface area contributed by atoms with Crippen molar-refractivity contribution in [3.63, 3.8) is 0 Å². The molecule has 13 heavy (non-hydrogen) atoms. The van der Waals surface area contributed by atoms with Gasteiger partial charge in [-0.25, -0.2) is 4.99 Å². The Morgan fingerprint density at radius 2 is 2.00 bits per heavy atom. The molecule has 0 aromatic heterocycles. The Labute approximate surface area is 80.4 Å². The molecule has 1 heterocycles. The molecule has 0 amide bonds. The van der Waals surface area contributed by atoms with Crippen LogP contribution in [0.4, 0.5) is 0 Å². The lowest BCUT2D eigenvalue weighted by atomic mass is 9.88. The summed E-state index contributed by atoms with van der Waals surface area (Å²) in [5.74, 6) is 1.02. The zero-order valence-corrected chi connectivity index (χ0v) is 9.05. The van der Waals surface area contributed by atoms with Crippen LogP contribution in [0.15, 0.2) is 4.99 Å². The fraction of sp³-hybridized carbons (Fsp3) is 0.909. The van der Waals surface area contributed by atoms with Crippen LogP contribution in [0.3, 0.4) is 0 Å². The van der Waals surface area contributed by atoms with E-state index in [1.165, 1.54) is 12.8 Å². The van der Waals surface area contributed by atoms with Gasteiger partial charge in [-0.15, -0.1) is 0 Å². The molecule has 1 fully saturated rings. The van der Waals surface area contributed by atoms with Gasteiger partial charge in [-0.05, 0) is 18.3 Å². The summed E-state index contributed by atoms with van der Waals surface area (Å²) in [5.41, 5.74) is 0.549. The Morgan fingerprint density at radius 1 is 1.38 bits per heavy atom. The summed E-state index contributed by atoms with van der Waals surface area (Å²) in [6.07, 6.45) is 2.51. The summed E-state index contributed by atoms with van der Waals surface area (Å²) in [6.45, 7) is 9.71. The van der Waals surface area contributed by atoms with Gasteiger partial charge in [0, 0.05) is 5.41 Å². The third-order valence-corrected chi connectivity index (χ3v) is 3.17. The third kappa shape index (κ3) is 1.59. The lowest BCUT2D eigenvalue weighted by Crippen LogP contribution is -2.25. The van der Waals surface area contributed by atoms with Gasteiger partial charge in [-0.1, -0.05) is 27.7 Å². The Kier molecular flexibility index (Phi) is 1.73. The molecule has 0 saturated heterocycles. The summed E-state index contributed by atoms with van der Waals surface area (Å²) in [6, 6.07) is 0.361. The normalized spacial score (nSPS) is 31.1. The Morgan fingerprint density at radius 3 is 2.38 bits per heavy atom. The van der Waals surface area contributed by atoms with Crippen LogP contribution in [0.5, 0.6) is 0 Å². The zero-order chi connectivity index (χ0) is 9.69. The highest BCUT2D eigenvalue weighted by atomic mass is 16.5. The van der Waals surface area contributed by atoms with E-state index in [1.807, 2.05) is 0 Å². The van der Waals surface area contributed by atoms with Crippen LogP contribution < -0.4 is 0 Å². The van der Waals surface area contributed by atoms with E-state index < -0.39 is 0 Å². The first-order valence-corrected chi connectivity index (χ1v) is 5.13. The van der Waals surface area contributed by atoms with Gasteiger partial charge in [0.2, 0.25) is 0 Å². The van der Waals surface area contributed by atoms with Crippen LogP contribution in [-0.2, 0) is 4.74 Å². The van der Waals surface area contributed by atoms with Crippen LogP contribution in [-0.4, -0.2) is 18.5 Å². The maximum Gasteiger partial charge on any atom is 0.189 e. The number of rotatable bonds is 1. The van der Waals surface area contributed by atoms with Crippen LogP contribution in [0.25, 0.3) is 0 Å². The van der Waals surface area contributed by atoms with Crippen LogP contribution in [0.2, 0.25) is 0 Å². The minimum absolute atomic E-state index is 0.243. The summed E-state index contributed by atoms with van der Waals surface area (Å²) < 4.78 is 5.67. The molecule has 1 saturated carbocycles. The van der Waals surface area contributed by atoms with Crippen molar-refractivity contribution >= 4 is 5.90 Å². The van der Waals surface area contributed by atoms with E-state index in [0.29, 0.717) is 11.5 Å². The van der Waals surface area contributed by atoms with Crippen molar-refractivity contribution < 1.29 is 4.74 Å². The van der Waals surface area contributed by atoms with Crippen molar-refractivity contribution in [1.82, 2.24) is 0 Å². The quantitative estimate of drug-likeness (QED) is 0.609. The smallest absolute Gasteiger partial charge is 0.189 e. The number of hydrogen-bond acceptors (Lipinski definition) is 2. The van der Waals surface area contributed by atoms with E-state index in [2.05, 4.69) is 32.7 Å². The fourth-order valence-electron chi connectivity index (χ4n) is 1.55. The largest absolute Gasteiger partial charge is 0.478 e. The fourth-order valence-corrected chi connectivity index (χ4v) is 1.55. The molecule has 2 rings (SSSR count). The van der Waals surface area contributed by atoms with Crippen LogP contribution >= 0.6 is 0 Å². The molecule has 0 aromatic carbocycles. The van der Waals surface area contributed by atoms with Gasteiger partial charge in [-0.2, -0.15) is 0 Å². The molecule has 0 spiro atoms. The van der Waals surface area contributed by atoms with Gasteiger partial charge in [0.1, 0.15) is 6.61 Å². The molecular formula is C11H19NO. The van der Waals surface area contributed by atoms with Crippen LogP contribution in [0, 0.1) is 10.8 Å². The maximum absolute atomic E-state index is 5.67. The summed E-state index contributed by atoms with van der Waals surface area (Å²) >= 11 is 0. The molecule has 74 valence electrons. The minimum Gasteiger partial charge on any atom is -0.478 e. The standard InChI is InChI=1S/C11H19NO/c1-10(2,3)8-7-13-9(12-8)11(4)5-6-11/h8H,5-7H2,1-4H3/t8-/m1/s1. The molecule has 0 N–H and O–H groups in total. The molecule has 0 unspecified atom stereocenters. The van der Waals surface area contributed by atoms with Crippen molar-refractivity contribution in [3.05, 3.63) is 0 Å². The molecule has 2 nitrogen and oxygen atoms in total. The van der Waals surface area contributed by atoms with Gasteiger partial charge in [-0.3, -0.25) is 0 Å². The number of hydrogen-bond donors (Lipinski definition) is 0. The van der Waals surface area contributed by atoms with E-state index in [0.717, 1.165) is 12.5 Å². The molecule has 1 aliphatic heterocycles. The predicted octanol–water partition coefficient (Wildman–Crippen LogP) is 2.63. The highest BCUT2D eigenvalue weighted by Crippen LogP contribution is 2.48. The zero-order valence-electron chi connectivity index (χ0n) is 9.05. The molecule has 2 aliphatic rings. The summed E-state index contributed by atoms with van der Waals surface area (Å²) in [4.78, 5) is 4.69. The van der Waals surface area contributed by atoms with Gasteiger partial charge in [0.15, 0.2) is 5.90 Å². The van der Waals surface area contributed by atoms with E-state index in [9.17, 15) is 0 Å². The summed E-state index contributed by atoms with van der Waals surface area (Å²) in [5, 5.41) is 0. The average molecular weight is 181 g/mol. The molecule has 2 heteroatoms. The van der Waals surface area contributed by atoms with Crippen molar-refractivity contribution in [1.29, 1.82) is 0 Å².